The number of carbonyl (C=O) groups is 1. The molecule has 5 nitrogen and oxygen atoms in total. The SMILES string of the molecule is C=CCNC(=O)c1cc([N+](=O)[O-])c(Cl)s1. The highest BCUT2D eigenvalue weighted by atomic mass is 35.5. The van der Waals surface area contributed by atoms with E-state index < -0.39 is 10.8 Å². The van der Waals surface area contributed by atoms with E-state index in [1.165, 1.54) is 6.08 Å². The lowest BCUT2D eigenvalue weighted by atomic mass is 10.4. The van der Waals surface area contributed by atoms with Gasteiger partial charge in [0, 0.05) is 12.6 Å². The molecule has 0 aromatic carbocycles. The molecule has 0 aliphatic rings. The summed E-state index contributed by atoms with van der Waals surface area (Å²) < 4.78 is 0.00348. The van der Waals surface area contributed by atoms with Crippen LogP contribution in [0.4, 0.5) is 5.69 Å². The van der Waals surface area contributed by atoms with Crippen LogP contribution in [0.3, 0.4) is 0 Å². The van der Waals surface area contributed by atoms with Crippen LogP contribution in [-0.2, 0) is 0 Å². The number of carbonyl (C=O) groups excluding carboxylic acids is 1. The van der Waals surface area contributed by atoms with E-state index in [-0.39, 0.29) is 14.9 Å². The fraction of sp³-hybridized carbons (Fsp3) is 0.125. The third-order valence-corrected chi connectivity index (χ3v) is 2.83. The predicted octanol–water partition coefficient (Wildman–Crippen LogP) is 2.23. The van der Waals surface area contributed by atoms with Crippen molar-refractivity contribution in [3.05, 3.63) is 38.0 Å². The van der Waals surface area contributed by atoms with Crippen molar-refractivity contribution >= 4 is 34.5 Å². The summed E-state index contributed by atoms with van der Waals surface area (Å²) in [5, 5.41) is 13.0. The average Bonchev–Trinajstić information content (AvgIpc) is 2.56. The fourth-order valence-electron chi connectivity index (χ4n) is 0.848. The zero-order valence-electron chi connectivity index (χ0n) is 7.53. The molecule has 1 aromatic rings. The molecule has 0 spiro atoms. The molecule has 1 aromatic heterocycles. The van der Waals surface area contributed by atoms with Crippen molar-refractivity contribution in [3.63, 3.8) is 0 Å². The second-order valence-corrected chi connectivity index (χ2v) is 4.18. The van der Waals surface area contributed by atoms with E-state index in [1.807, 2.05) is 0 Å². The number of rotatable bonds is 4. The Bertz CT molecular complexity index is 416. The molecule has 1 rings (SSSR count). The van der Waals surface area contributed by atoms with E-state index in [9.17, 15) is 14.9 Å². The highest BCUT2D eigenvalue weighted by molar-refractivity contribution is 7.18. The summed E-state index contributed by atoms with van der Waals surface area (Å²) in [7, 11) is 0. The largest absolute Gasteiger partial charge is 0.348 e. The Labute approximate surface area is 94.5 Å². The van der Waals surface area contributed by atoms with Gasteiger partial charge in [-0.15, -0.1) is 17.9 Å². The zero-order valence-corrected chi connectivity index (χ0v) is 9.10. The number of nitrogens with one attached hydrogen (secondary N) is 1. The predicted molar refractivity (Wildman–Crippen MR) is 58.5 cm³/mol. The van der Waals surface area contributed by atoms with E-state index in [4.69, 9.17) is 11.6 Å². The lowest BCUT2D eigenvalue weighted by Gasteiger charge is -1.96. The van der Waals surface area contributed by atoms with E-state index in [2.05, 4.69) is 11.9 Å². The summed E-state index contributed by atoms with van der Waals surface area (Å²) >= 11 is 6.47. The van der Waals surface area contributed by atoms with Crippen LogP contribution in [-0.4, -0.2) is 17.4 Å². The highest BCUT2D eigenvalue weighted by Gasteiger charge is 2.20. The Morgan fingerprint density at radius 2 is 2.47 bits per heavy atom. The maximum atomic E-state index is 11.4. The van der Waals surface area contributed by atoms with Gasteiger partial charge in [-0.1, -0.05) is 17.7 Å². The lowest BCUT2D eigenvalue weighted by Crippen LogP contribution is -2.22. The van der Waals surface area contributed by atoms with Gasteiger partial charge in [0.05, 0.1) is 4.92 Å². The minimum absolute atomic E-state index is 0.00348. The van der Waals surface area contributed by atoms with E-state index in [0.29, 0.717) is 6.54 Å². The summed E-state index contributed by atoms with van der Waals surface area (Å²) in [5.41, 5.74) is -0.245. The number of nitro groups is 1. The van der Waals surface area contributed by atoms with Crippen LogP contribution in [0.1, 0.15) is 9.67 Å². The van der Waals surface area contributed by atoms with Crippen molar-refractivity contribution in [2.24, 2.45) is 0 Å². The minimum Gasteiger partial charge on any atom is -0.348 e. The summed E-state index contributed by atoms with van der Waals surface area (Å²) in [6.45, 7) is 3.74. The molecule has 0 saturated carbocycles. The van der Waals surface area contributed by atoms with Crippen LogP contribution >= 0.6 is 22.9 Å². The maximum absolute atomic E-state index is 11.4. The summed E-state index contributed by atoms with van der Waals surface area (Å²) in [5.74, 6) is -0.394. The van der Waals surface area contributed by atoms with Gasteiger partial charge < -0.3 is 5.32 Å². The van der Waals surface area contributed by atoms with Gasteiger partial charge in [-0.25, -0.2) is 0 Å². The van der Waals surface area contributed by atoms with Crippen molar-refractivity contribution in [2.45, 2.75) is 0 Å². The first-order valence-corrected chi connectivity index (χ1v) is 5.08. The first-order chi connectivity index (χ1) is 7.06. The number of hydrogen-bond acceptors (Lipinski definition) is 4. The number of nitrogens with zero attached hydrogens (tertiary/aromatic N) is 1. The molecule has 0 aliphatic heterocycles. The maximum Gasteiger partial charge on any atom is 0.299 e. The molecule has 0 atom stereocenters. The first kappa shape index (κ1) is 11.7. The number of thiophene rings is 1. The minimum atomic E-state index is -0.622. The van der Waals surface area contributed by atoms with Crippen molar-refractivity contribution < 1.29 is 9.72 Å². The number of halogens is 1. The molecule has 80 valence electrons. The first-order valence-electron chi connectivity index (χ1n) is 3.89. The zero-order chi connectivity index (χ0) is 11.4. The van der Waals surface area contributed by atoms with Gasteiger partial charge in [-0.3, -0.25) is 14.9 Å². The van der Waals surface area contributed by atoms with Crippen LogP contribution in [0.25, 0.3) is 0 Å². The smallest absolute Gasteiger partial charge is 0.299 e. The van der Waals surface area contributed by atoms with Gasteiger partial charge in [-0.2, -0.15) is 0 Å². The standard InChI is InChI=1S/C8H7ClN2O3S/c1-2-3-10-8(12)6-4-5(11(13)14)7(9)15-6/h2,4H,1,3H2,(H,10,12). The summed E-state index contributed by atoms with van der Waals surface area (Å²) in [6, 6.07) is 1.16. The van der Waals surface area contributed by atoms with E-state index >= 15 is 0 Å². The molecule has 1 N–H and O–H groups in total. The lowest BCUT2D eigenvalue weighted by molar-refractivity contribution is -0.384. The molecular formula is C8H7ClN2O3S. The van der Waals surface area contributed by atoms with E-state index in [0.717, 1.165) is 17.4 Å². The van der Waals surface area contributed by atoms with Crippen LogP contribution in [0.15, 0.2) is 18.7 Å². The van der Waals surface area contributed by atoms with Gasteiger partial charge in [0.15, 0.2) is 4.34 Å². The summed E-state index contributed by atoms with van der Waals surface area (Å²) in [4.78, 5) is 21.4. The van der Waals surface area contributed by atoms with Crippen molar-refractivity contribution in [1.29, 1.82) is 0 Å². The highest BCUT2D eigenvalue weighted by Crippen LogP contribution is 2.33. The molecule has 15 heavy (non-hydrogen) atoms. The quantitative estimate of drug-likeness (QED) is 0.503. The van der Waals surface area contributed by atoms with Crippen LogP contribution < -0.4 is 5.32 Å². The molecule has 0 aliphatic carbocycles. The monoisotopic (exact) mass is 246 g/mol. The van der Waals surface area contributed by atoms with Gasteiger partial charge in [-0.05, 0) is 0 Å². The molecular weight excluding hydrogens is 240 g/mol. The van der Waals surface area contributed by atoms with Crippen LogP contribution in [0.5, 0.6) is 0 Å². The van der Waals surface area contributed by atoms with Gasteiger partial charge in [0.25, 0.3) is 11.6 Å². The fourth-order valence-corrected chi connectivity index (χ4v) is 1.99. The molecule has 1 amide bonds. The summed E-state index contributed by atoms with van der Waals surface area (Å²) in [6.07, 6.45) is 1.52. The Kier molecular flexibility index (Phi) is 3.81. The second-order valence-electron chi connectivity index (χ2n) is 2.53. The third-order valence-electron chi connectivity index (χ3n) is 1.50. The molecule has 0 radical (unpaired) electrons. The number of hydrogen-bond donors (Lipinski definition) is 1. The average molecular weight is 247 g/mol. The molecule has 0 unspecified atom stereocenters. The third kappa shape index (κ3) is 2.77. The van der Waals surface area contributed by atoms with Crippen molar-refractivity contribution in [1.82, 2.24) is 5.32 Å². The molecule has 0 saturated heterocycles. The van der Waals surface area contributed by atoms with Crippen LogP contribution in [0, 0.1) is 10.1 Å². The molecule has 0 bridgehead atoms. The Morgan fingerprint density at radius 3 is 2.93 bits per heavy atom. The van der Waals surface area contributed by atoms with Crippen molar-refractivity contribution in [3.8, 4) is 0 Å². The normalized spacial score (nSPS) is 9.67. The Balaban J connectivity index is 2.87. The van der Waals surface area contributed by atoms with Crippen molar-refractivity contribution in [2.75, 3.05) is 6.54 Å². The van der Waals surface area contributed by atoms with Gasteiger partial charge >= 0.3 is 0 Å². The number of amides is 1. The van der Waals surface area contributed by atoms with Gasteiger partial charge in [0.1, 0.15) is 4.88 Å². The topological polar surface area (TPSA) is 72.2 Å². The molecule has 7 heteroatoms. The van der Waals surface area contributed by atoms with Gasteiger partial charge in [0.2, 0.25) is 0 Å². The molecule has 1 heterocycles. The Hall–Kier alpha value is -1.40. The van der Waals surface area contributed by atoms with E-state index in [1.54, 1.807) is 0 Å². The Morgan fingerprint density at radius 1 is 1.80 bits per heavy atom. The second kappa shape index (κ2) is 4.90. The molecule has 0 fully saturated rings. The van der Waals surface area contributed by atoms with Crippen LogP contribution in [0.2, 0.25) is 4.34 Å².